The molecule has 0 radical (unpaired) electrons. The molecule has 0 N–H and O–H groups in total. The zero-order chi connectivity index (χ0) is 17.2. The van der Waals surface area contributed by atoms with Crippen LogP contribution in [-0.2, 0) is 22.4 Å². The number of esters is 1. The molecule has 128 valence electrons. The first-order chi connectivity index (χ1) is 12.2. The van der Waals surface area contributed by atoms with Gasteiger partial charge in [0.1, 0.15) is 11.5 Å². The fraction of sp³-hybridized carbons (Fsp3) is 0.286. The summed E-state index contributed by atoms with van der Waals surface area (Å²) in [4.78, 5) is 12.5. The summed E-state index contributed by atoms with van der Waals surface area (Å²) in [5.74, 6) is 1.53. The molecule has 0 spiro atoms. The number of rotatable bonds is 4. The van der Waals surface area contributed by atoms with Crippen molar-refractivity contribution in [3.63, 3.8) is 0 Å². The molecule has 0 aromatic heterocycles. The third-order valence-electron chi connectivity index (χ3n) is 4.52. The maximum Gasteiger partial charge on any atom is 0.338 e. The first-order valence-electron chi connectivity index (χ1n) is 8.65. The second kappa shape index (κ2) is 6.63. The van der Waals surface area contributed by atoms with Gasteiger partial charge in [-0.05, 0) is 59.5 Å². The lowest BCUT2D eigenvalue weighted by molar-refractivity contribution is -0.136. The van der Waals surface area contributed by atoms with E-state index in [4.69, 9.17) is 14.2 Å². The van der Waals surface area contributed by atoms with E-state index in [2.05, 4.69) is 6.07 Å². The molecule has 4 heteroatoms. The smallest absolute Gasteiger partial charge is 0.338 e. The Balaban J connectivity index is 1.74. The highest BCUT2D eigenvalue weighted by Gasteiger charge is 2.19. The fourth-order valence-electron chi connectivity index (χ4n) is 3.29. The Bertz CT molecular complexity index is 851. The molecule has 4 nitrogen and oxygen atoms in total. The van der Waals surface area contributed by atoms with E-state index < -0.39 is 0 Å². The van der Waals surface area contributed by atoms with Gasteiger partial charge in [-0.25, -0.2) is 4.79 Å². The number of hydrogen-bond donors (Lipinski definition) is 0. The number of carbonyl (C=O) groups is 1. The van der Waals surface area contributed by atoms with Crippen LogP contribution in [0.3, 0.4) is 0 Å². The second-order valence-electron chi connectivity index (χ2n) is 6.17. The maximum atomic E-state index is 12.5. The van der Waals surface area contributed by atoms with Crippen molar-refractivity contribution in [3.05, 3.63) is 58.7 Å². The highest BCUT2D eigenvalue weighted by Crippen LogP contribution is 2.31. The molecule has 0 saturated heterocycles. The molecular formula is C21H20O4. The zero-order valence-electron chi connectivity index (χ0n) is 14.2. The van der Waals surface area contributed by atoms with E-state index in [1.165, 1.54) is 5.56 Å². The molecule has 2 aliphatic rings. The molecule has 2 aromatic rings. The average Bonchev–Trinajstić information content (AvgIpc) is 3.27. The van der Waals surface area contributed by atoms with Gasteiger partial charge in [-0.1, -0.05) is 12.1 Å². The SMILES string of the molecule is CCOC(=O)/C(=C/c1ccc2c(c1)CCO2)c1ccc2c(c1)CCO2. The zero-order valence-corrected chi connectivity index (χ0v) is 14.2. The van der Waals surface area contributed by atoms with Crippen LogP contribution < -0.4 is 9.47 Å². The van der Waals surface area contributed by atoms with Crippen molar-refractivity contribution in [3.8, 4) is 11.5 Å². The Hall–Kier alpha value is -2.75. The van der Waals surface area contributed by atoms with Gasteiger partial charge in [-0.3, -0.25) is 0 Å². The molecule has 0 bridgehead atoms. The third kappa shape index (κ3) is 3.12. The Morgan fingerprint density at radius 2 is 1.72 bits per heavy atom. The molecule has 0 atom stereocenters. The van der Waals surface area contributed by atoms with Crippen LogP contribution in [-0.4, -0.2) is 25.8 Å². The van der Waals surface area contributed by atoms with Crippen molar-refractivity contribution in [1.82, 2.24) is 0 Å². The quantitative estimate of drug-likeness (QED) is 0.486. The number of fused-ring (bicyclic) bond motifs is 2. The summed E-state index contributed by atoms with van der Waals surface area (Å²) in [7, 11) is 0. The van der Waals surface area contributed by atoms with Crippen LogP contribution in [0.4, 0.5) is 0 Å². The van der Waals surface area contributed by atoms with E-state index in [1.807, 2.05) is 43.3 Å². The van der Waals surface area contributed by atoms with Gasteiger partial charge in [-0.15, -0.1) is 0 Å². The van der Waals surface area contributed by atoms with E-state index in [1.54, 1.807) is 0 Å². The van der Waals surface area contributed by atoms with Crippen molar-refractivity contribution in [2.75, 3.05) is 19.8 Å². The molecule has 0 fully saturated rings. The summed E-state index contributed by atoms with van der Waals surface area (Å²) < 4.78 is 16.4. The topological polar surface area (TPSA) is 44.8 Å². The van der Waals surface area contributed by atoms with Crippen LogP contribution in [0, 0.1) is 0 Å². The van der Waals surface area contributed by atoms with Crippen LogP contribution >= 0.6 is 0 Å². The molecular weight excluding hydrogens is 316 g/mol. The lowest BCUT2D eigenvalue weighted by Crippen LogP contribution is -2.07. The Morgan fingerprint density at radius 3 is 2.44 bits per heavy atom. The van der Waals surface area contributed by atoms with Crippen molar-refractivity contribution in [2.24, 2.45) is 0 Å². The molecule has 0 saturated carbocycles. The lowest BCUT2D eigenvalue weighted by Gasteiger charge is -2.10. The maximum absolute atomic E-state index is 12.5. The van der Waals surface area contributed by atoms with Gasteiger partial charge in [0, 0.05) is 12.8 Å². The van der Waals surface area contributed by atoms with E-state index in [9.17, 15) is 4.79 Å². The molecule has 0 amide bonds. The van der Waals surface area contributed by atoms with E-state index in [-0.39, 0.29) is 5.97 Å². The predicted molar refractivity (Wildman–Crippen MR) is 95.8 cm³/mol. The summed E-state index contributed by atoms with van der Waals surface area (Å²) in [6.07, 6.45) is 3.67. The molecule has 0 unspecified atom stereocenters. The van der Waals surface area contributed by atoms with Crippen molar-refractivity contribution < 1.29 is 19.0 Å². The van der Waals surface area contributed by atoms with Gasteiger partial charge >= 0.3 is 5.97 Å². The molecule has 25 heavy (non-hydrogen) atoms. The standard InChI is InChI=1S/C21H20O4/c1-2-23-21(22)18(15-4-6-20-17(13-15)8-10-25-20)12-14-3-5-19-16(11-14)7-9-24-19/h3-6,11-13H,2,7-10H2,1H3/b18-12+. The van der Waals surface area contributed by atoms with Crippen LogP contribution in [0.25, 0.3) is 11.6 Å². The minimum atomic E-state index is -0.307. The minimum Gasteiger partial charge on any atom is -0.493 e. The minimum absolute atomic E-state index is 0.307. The van der Waals surface area contributed by atoms with E-state index in [0.29, 0.717) is 18.8 Å². The highest BCUT2D eigenvalue weighted by molar-refractivity contribution is 6.21. The van der Waals surface area contributed by atoms with Gasteiger partial charge in [0.05, 0.1) is 25.4 Å². The summed E-state index contributed by atoms with van der Waals surface area (Å²) in [6, 6.07) is 11.9. The Morgan fingerprint density at radius 1 is 1.04 bits per heavy atom. The summed E-state index contributed by atoms with van der Waals surface area (Å²) in [5.41, 5.74) is 4.72. The van der Waals surface area contributed by atoms with Crippen molar-refractivity contribution >= 4 is 17.6 Å². The van der Waals surface area contributed by atoms with Gasteiger partial charge in [0.25, 0.3) is 0 Å². The Kier molecular flexibility index (Phi) is 4.18. The van der Waals surface area contributed by atoms with Gasteiger partial charge in [-0.2, -0.15) is 0 Å². The second-order valence-corrected chi connectivity index (χ2v) is 6.17. The summed E-state index contributed by atoms with van der Waals surface area (Å²) in [5, 5.41) is 0. The van der Waals surface area contributed by atoms with Crippen molar-refractivity contribution in [2.45, 2.75) is 19.8 Å². The fourth-order valence-corrected chi connectivity index (χ4v) is 3.29. The van der Waals surface area contributed by atoms with Crippen LogP contribution in [0.5, 0.6) is 11.5 Å². The number of ether oxygens (including phenoxy) is 3. The molecule has 2 heterocycles. The van der Waals surface area contributed by atoms with E-state index >= 15 is 0 Å². The summed E-state index contributed by atoms with van der Waals surface area (Å²) >= 11 is 0. The first-order valence-corrected chi connectivity index (χ1v) is 8.65. The average molecular weight is 336 g/mol. The monoisotopic (exact) mass is 336 g/mol. The summed E-state index contributed by atoms with van der Waals surface area (Å²) in [6.45, 7) is 3.58. The molecule has 0 aliphatic carbocycles. The lowest BCUT2D eigenvalue weighted by atomic mass is 9.99. The Labute approximate surface area is 147 Å². The van der Waals surface area contributed by atoms with Crippen molar-refractivity contribution in [1.29, 1.82) is 0 Å². The van der Waals surface area contributed by atoms with Gasteiger partial charge in [0.15, 0.2) is 0 Å². The molecule has 2 aliphatic heterocycles. The largest absolute Gasteiger partial charge is 0.493 e. The highest BCUT2D eigenvalue weighted by atomic mass is 16.5. The van der Waals surface area contributed by atoms with Gasteiger partial charge in [0.2, 0.25) is 0 Å². The molecule has 2 aromatic carbocycles. The van der Waals surface area contributed by atoms with Gasteiger partial charge < -0.3 is 14.2 Å². The first kappa shape index (κ1) is 15.8. The van der Waals surface area contributed by atoms with Crippen LogP contribution in [0.1, 0.15) is 29.2 Å². The normalized spacial score (nSPS) is 15.2. The van der Waals surface area contributed by atoms with Crippen LogP contribution in [0.2, 0.25) is 0 Å². The molecule has 4 rings (SSSR count). The third-order valence-corrected chi connectivity index (χ3v) is 4.52. The van der Waals surface area contributed by atoms with Crippen LogP contribution in [0.15, 0.2) is 36.4 Å². The van der Waals surface area contributed by atoms with E-state index in [0.717, 1.165) is 47.6 Å². The predicted octanol–water partition coefficient (Wildman–Crippen LogP) is 3.66. The number of hydrogen-bond acceptors (Lipinski definition) is 4. The number of benzene rings is 2. The number of carbonyl (C=O) groups excluding carboxylic acids is 1.